The highest BCUT2D eigenvalue weighted by atomic mass is 16.5. The van der Waals surface area contributed by atoms with E-state index < -0.39 is 0 Å². The minimum Gasteiger partial charge on any atom is -0.379 e. The first kappa shape index (κ1) is 17.4. The smallest absolute Gasteiger partial charge is 0.221 e. The quantitative estimate of drug-likeness (QED) is 0.630. The lowest BCUT2D eigenvalue weighted by Crippen LogP contribution is -2.38. The Morgan fingerprint density at radius 1 is 1.35 bits per heavy atom. The largest absolute Gasteiger partial charge is 0.379 e. The molecule has 0 radical (unpaired) electrons. The average Bonchev–Trinajstić information content (AvgIpc) is 2.85. The number of nitrogens with one attached hydrogen (secondary N) is 2. The zero-order valence-electron chi connectivity index (χ0n) is 13.2. The molecule has 1 aliphatic heterocycles. The molecule has 20 heavy (non-hydrogen) atoms. The van der Waals surface area contributed by atoms with Crippen LogP contribution in [0.5, 0.6) is 0 Å². The molecule has 118 valence electrons. The highest BCUT2D eigenvalue weighted by Crippen LogP contribution is 2.11. The van der Waals surface area contributed by atoms with Gasteiger partial charge >= 0.3 is 0 Å². The topological polar surface area (TPSA) is 59.6 Å². The second kappa shape index (κ2) is 9.32. The Balaban J connectivity index is 1.86. The molecule has 0 aliphatic carbocycles. The molecule has 2 N–H and O–H groups in total. The van der Waals surface area contributed by atoms with Gasteiger partial charge in [0.25, 0.3) is 0 Å². The van der Waals surface area contributed by atoms with Crippen molar-refractivity contribution in [3.63, 3.8) is 0 Å². The van der Waals surface area contributed by atoms with E-state index in [1.54, 1.807) is 0 Å². The predicted octanol–water partition coefficient (Wildman–Crippen LogP) is 1.47. The van der Waals surface area contributed by atoms with Gasteiger partial charge in [0, 0.05) is 38.3 Å². The molecule has 0 spiro atoms. The van der Waals surface area contributed by atoms with Crippen molar-refractivity contribution in [1.82, 2.24) is 10.6 Å². The molecule has 0 aromatic rings. The van der Waals surface area contributed by atoms with Gasteiger partial charge in [-0.3, -0.25) is 4.79 Å². The van der Waals surface area contributed by atoms with Crippen molar-refractivity contribution >= 4 is 5.91 Å². The van der Waals surface area contributed by atoms with E-state index in [1.807, 2.05) is 0 Å². The third kappa shape index (κ3) is 9.28. The number of hydrogen-bond donors (Lipinski definition) is 2. The Morgan fingerprint density at radius 3 is 2.80 bits per heavy atom. The van der Waals surface area contributed by atoms with Gasteiger partial charge in [-0.25, -0.2) is 0 Å². The third-order valence-corrected chi connectivity index (χ3v) is 3.12. The van der Waals surface area contributed by atoms with Crippen LogP contribution < -0.4 is 10.6 Å². The van der Waals surface area contributed by atoms with Gasteiger partial charge < -0.3 is 20.1 Å². The number of carbonyl (C=O) groups is 1. The summed E-state index contributed by atoms with van der Waals surface area (Å²) in [6.07, 6.45) is 3.91. The molecule has 0 aromatic heterocycles. The van der Waals surface area contributed by atoms with E-state index in [-0.39, 0.29) is 17.6 Å². The van der Waals surface area contributed by atoms with Crippen LogP contribution in [0.25, 0.3) is 0 Å². The normalized spacial score (nSPS) is 19.2. The fraction of sp³-hybridized carbons (Fsp3) is 0.933. The summed E-state index contributed by atoms with van der Waals surface area (Å²) in [5.41, 5.74) is 0.0659. The summed E-state index contributed by atoms with van der Waals surface area (Å²) in [5.74, 6) is 0.0980. The fourth-order valence-corrected chi connectivity index (χ4v) is 2.03. The van der Waals surface area contributed by atoms with Crippen molar-refractivity contribution in [2.75, 3.05) is 32.9 Å². The minimum absolute atomic E-state index is 0.0659. The van der Waals surface area contributed by atoms with E-state index in [0.717, 1.165) is 25.9 Å². The Bertz CT molecular complexity index is 271. The van der Waals surface area contributed by atoms with Gasteiger partial charge in [-0.15, -0.1) is 0 Å². The number of amides is 1. The molecule has 1 amide bonds. The zero-order chi connectivity index (χ0) is 14.8. The van der Waals surface area contributed by atoms with E-state index >= 15 is 0 Å². The molecule has 0 saturated carbocycles. The van der Waals surface area contributed by atoms with Crippen LogP contribution in [0.2, 0.25) is 0 Å². The van der Waals surface area contributed by atoms with E-state index in [0.29, 0.717) is 32.7 Å². The summed E-state index contributed by atoms with van der Waals surface area (Å²) in [4.78, 5) is 11.6. The van der Waals surface area contributed by atoms with E-state index in [4.69, 9.17) is 9.47 Å². The van der Waals surface area contributed by atoms with Crippen molar-refractivity contribution in [2.24, 2.45) is 0 Å². The second-order valence-electron chi connectivity index (χ2n) is 6.34. The van der Waals surface area contributed by atoms with Crippen LogP contribution in [-0.4, -0.2) is 50.5 Å². The molecule has 1 saturated heterocycles. The minimum atomic E-state index is 0.0659. The Labute approximate surface area is 122 Å². The monoisotopic (exact) mass is 286 g/mol. The van der Waals surface area contributed by atoms with Gasteiger partial charge in [0.1, 0.15) is 0 Å². The Kier molecular flexibility index (Phi) is 8.11. The van der Waals surface area contributed by atoms with E-state index in [2.05, 4.69) is 31.4 Å². The lowest BCUT2D eigenvalue weighted by molar-refractivity contribution is -0.121. The molecular formula is C15H30N2O3. The van der Waals surface area contributed by atoms with Crippen molar-refractivity contribution in [1.29, 1.82) is 0 Å². The molecule has 1 heterocycles. The lowest BCUT2D eigenvalue weighted by atomic mass is 10.1. The maximum absolute atomic E-state index is 11.6. The van der Waals surface area contributed by atoms with Crippen LogP contribution in [0.4, 0.5) is 0 Å². The summed E-state index contributed by atoms with van der Waals surface area (Å²) in [7, 11) is 0. The Morgan fingerprint density at radius 2 is 2.15 bits per heavy atom. The first-order chi connectivity index (χ1) is 9.47. The molecule has 5 heteroatoms. The number of ether oxygens (including phenoxy) is 2. The summed E-state index contributed by atoms with van der Waals surface area (Å²) in [6.45, 7) is 9.91. The highest BCUT2D eigenvalue weighted by molar-refractivity contribution is 5.75. The third-order valence-electron chi connectivity index (χ3n) is 3.12. The highest BCUT2D eigenvalue weighted by Gasteiger charge is 2.15. The van der Waals surface area contributed by atoms with Gasteiger partial charge in [0.15, 0.2) is 0 Å². The van der Waals surface area contributed by atoms with Crippen molar-refractivity contribution < 1.29 is 14.3 Å². The van der Waals surface area contributed by atoms with Crippen LogP contribution in [0.3, 0.4) is 0 Å². The first-order valence-corrected chi connectivity index (χ1v) is 7.68. The van der Waals surface area contributed by atoms with Gasteiger partial charge in [0.2, 0.25) is 5.91 Å². The molecular weight excluding hydrogens is 256 g/mol. The number of rotatable bonds is 9. The van der Waals surface area contributed by atoms with Crippen LogP contribution in [0, 0.1) is 0 Å². The molecule has 1 atom stereocenters. The summed E-state index contributed by atoms with van der Waals surface area (Å²) in [6, 6.07) is 0. The maximum atomic E-state index is 11.6. The second-order valence-corrected chi connectivity index (χ2v) is 6.34. The summed E-state index contributed by atoms with van der Waals surface area (Å²) >= 11 is 0. The molecule has 1 unspecified atom stereocenters. The first-order valence-electron chi connectivity index (χ1n) is 7.68. The maximum Gasteiger partial charge on any atom is 0.221 e. The van der Waals surface area contributed by atoms with Crippen molar-refractivity contribution in [3.8, 4) is 0 Å². The number of hydrogen-bond acceptors (Lipinski definition) is 4. The van der Waals surface area contributed by atoms with E-state index in [1.165, 1.54) is 0 Å². The van der Waals surface area contributed by atoms with Gasteiger partial charge in [-0.1, -0.05) is 0 Å². The van der Waals surface area contributed by atoms with Crippen molar-refractivity contribution in [3.05, 3.63) is 0 Å². The molecule has 5 nitrogen and oxygen atoms in total. The molecule has 0 bridgehead atoms. The lowest BCUT2D eigenvalue weighted by Gasteiger charge is -2.20. The molecule has 1 rings (SSSR count). The van der Waals surface area contributed by atoms with Gasteiger partial charge in [-0.2, -0.15) is 0 Å². The Hall–Kier alpha value is -0.650. The zero-order valence-corrected chi connectivity index (χ0v) is 13.2. The predicted molar refractivity (Wildman–Crippen MR) is 79.8 cm³/mol. The SMILES string of the molecule is CC(C)(C)NCCC(=O)NCCCOCC1CCCO1. The van der Waals surface area contributed by atoms with Crippen molar-refractivity contribution in [2.45, 2.75) is 58.1 Å². The van der Waals surface area contributed by atoms with Crippen LogP contribution in [-0.2, 0) is 14.3 Å². The molecule has 1 aliphatic rings. The van der Waals surface area contributed by atoms with Crippen LogP contribution in [0.15, 0.2) is 0 Å². The molecule has 1 fully saturated rings. The standard InChI is InChI=1S/C15H30N2O3/c1-15(2,3)17-9-7-14(18)16-8-5-10-19-12-13-6-4-11-20-13/h13,17H,4-12H2,1-3H3,(H,16,18). The average molecular weight is 286 g/mol. The van der Waals surface area contributed by atoms with Gasteiger partial charge in [0.05, 0.1) is 12.7 Å². The van der Waals surface area contributed by atoms with E-state index in [9.17, 15) is 4.79 Å². The molecule has 0 aromatic carbocycles. The van der Waals surface area contributed by atoms with Gasteiger partial charge in [-0.05, 0) is 40.0 Å². The number of carbonyl (C=O) groups excluding carboxylic acids is 1. The van der Waals surface area contributed by atoms with Crippen LogP contribution >= 0.6 is 0 Å². The summed E-state index contributed by atoms with van der Waals surface area (Å²) < 4.78 is 11.0. The fourth-order valence-electron chi connectivity index (χ4n) is 2.03. The van der Waals surface area contributed by atoms with Crippen LogP contribution in [0.1, 0.15) is 46.5 Å². The summed E-state index contributed by atoms with van der Waals surface area (Å²) in [5, 5.41) is 6.20.